The lowest BCUT2D eigenvalue weighted by atomic mass is 9.82. The summed E-state index contributed by atoms with van der Waals surface area (Å²) in [5.74, 6) is 2.48. The van der Waals surface area contributed by atoms with Crippen molar-refractivity contribution >= 4 is 21.8 Å². The summed E-state index contributed by atoms with van der Waals surface area (Å²) < 4.78 is 13.7. The van der Waals surface area contributed by atoms with Crippen LogP contribution in [0.3, 0.4) is 0 Å². The van der Waals surface area contributed by atoms with Crippen molar-refractivity contribution < 1.29 is 19.7 Å². The standard InChI is InChI=1S/C60H56N2O4/c1-57(2,3)41-27-31-49(32-28-41)65-53-37-47(39-59(63,43-19-11-7-12-20-43)44-21-13-8-14-22-44)61-55-51(53)35-36-52-54(66-50-33-29-42(30-34-50)58(4,5)6)38-48(62-56(52)55)40-60(64,45-23-15-9-16-24-45)46-25-17-10-18-26-46/h7-38,63-64H,39-40H2,1-6H3. The summed E-state index contributed by atoms with van der Waals surface area (Å²) in [5, 5.41) is 27.3. The maximum atomic E-state index is 12.9. The van der Waals surface area contributed by atoms with E-state index in [0.717, 1.165) is 33.0 Å². The Morgan fingerprint density at radius 2 is 0.652 bits per heavy atom. The molecule has 2 N–H and O–H groups in total. The van der Waals surface area contributed by atoms with Gasteiger partial charge in [0.1, 0.15) is 45.2 Å². The SMILES string of the molecule is CC(C)(C)c1ccc(Oc2cc(CC(O)(c3ccccc3)c3ccccc3)nc3c2ccc2c(Oc4ccc(C(C)(C)C)cc4)cc(CC(O)(c4ccccc4)c4ccccc4)nc23)cc1. The lowest BCUT2D eigenvalue weighted by Crippen LogP contribution is -2.30. The molecule has 0 fully saturated rings. The van der Waals surface area contributed by atoms with E-state index in [1.54, 1.807) is 0 Å². The molecule has 6 nitrogen and oxygen atoms in total. The smallest absolute Gasteiger partial charge is 0.138 e. The Labute approximate surface area is 388 Å². The molecule has 6 heteroatoms. The van der Waals surface area contributed by atoms with E-state index in [-0.39, 0.29) is 23.7 Å². The Morgan fingerprint density at radius 3 is 0.924 bits per heavy atom. The highest BCUT2D eigenvalue weighted by atomic mass is 16.5. The largest absolute Gasteiger partial charge is 0.457 e. The monoisotopic (exact) mass is 868 g/mol. The average molecular weight is 869 g/mol. The number of benzene rings is 7. The molecule has 7 aromatic carbocycles. The topological polar surface area (TPSA) is 84.7 Å². The van der Waals surface area contributed by atoms with Crippen LogP contribution in [-0.4, -0.2) is 20.2 Å². The van der Waals surface area contributed by atoms with E-state index in [9.17, 15) is 10.2 Å². The number of aliphatic hydroxyl groups is 2. The van der Waals surface area contributed by atoms with E-state index in [1.165, 1.54) is 11.1 Å². The van der Waals surface area contributed by atoms with E-state index in [1.807, 2.05) is 170 Å². The van der Waals surface area contributed by atoms with Crippen molar-refractivity contribution in [2.75, 3.05) is 0 Å². The second-order valence-electron chi connectivity index (χ2n) is 19.4. The van der Waals surface area contributed by atoms with E-state index in [0.29, 0.717) is 45.4 Å². The van der Waals surface area contributed by atoms with Crippen LogP contribution in [-0.2, 0) is 34.9 Å². The number of nitrogens with zero attached hydrogens (tertiary/aromatic N) is 2. The Bertz CT molecular complexity index is 2790. The van der Waals surface area contributed by atoms with Crippen LogP contribution in [0.2, 0.25) is 0 Å². The van der Waals surface area contributed by atoms with Crippen LogP contribution in [0.1, 0.15) is 86.3 Å². The molecule has 0 aliphatic rings. The van der Waals surface area contributed by atoms with Crippen molar-refractivity contribution in [3.8, 4) is 23.0 Å². The fraction of sp³-hybridized carbons (Fsp3) is 0.200. The lowest BCUT2D eigenvalue weighted by molar-refractivity contribution is 0.0796. The van der Waals surface area contributed by atoms with Crippen molar-refractivity contribution in [3.05, 3.63) is 239 Å². The van der Waals surface area contributed by atoms with E-state index in [2.05, 4.69) is 65.8 Å². The summed E-state index contributed by atoms with van der Waals surface area (Å²) in [6, 6.07) is 63.2. The van der Waals surface area contributed by atoms with Crippen LogP contribution in [0.25, 0.3) is 21.8 Å². The van der Waals surface area contributed by atoms with Crippen LogP contribution in [0.15, 0.2) is 194 Å². The second-order valence-corrected chi connectivity index (χ2v) is 19.4. The molecule has 0 saturated heterocycles. The maximum Gasteiger partial charge on any atom is 0.138 e. The van der Waals surface area contributed by atoms with Gasteiger partial charge in [-0.3, -0.25) is 9.97 Å². The molecule has 0 bridgehead atoms. The Morgan fingerprint density at radius 1 is 0.364 bits per heavy atom. The minimum atomic E-state index is -1.44. The summed E-state index contributed by atoms with van der Waals surface area (Å²) in [6.45, 7) is 13.2. The highest BCUT2D eigenvalue weighted by Gasteiger charge is 2.35. The number of aromatic nitrogens is 2. The van der Waals surface area contributed by atoms with Crippen molar-refractivity contribution in [1.29, 1.82) is 0 Å². The third-order valence-corrected chi connectivity index (χ3v) is 12.6. The van der Waals surface area contributed by atoms with Gasteiger partial charge in [0.25, 0.3) is 0 Å². The summed E-state index contributed by atoms with van der Waals surface area (Å²) in [7, 11) is 0. The zero-order valence-electron chi connectivity index (χ0n) is 38.5. The first-order valence-electron chi connectivity index (χ1n) is 22.7. The van der Waals surface area contributed by atoms with Gasteiger partial charge in [0, 0.05) is 47.1 Å². The summed E-state index contributed by atoms with van der Waals surface area (Å²) >= 11 is 0. The number of fused-ring (bicyclic) bond motifs is 3. The molecule has 0 spiro atoms. The molecule has 0 aliphatic heterocycles. The third kappa shape index (κ3) is 9.08. The van der Waals surface area contributed by atoms with Gasteiger partial charge in [-0.2, -0.15) is 0 Å². The second kappa shape index (κ2) is 17.7. The minimum Gasteiger partial charge on any atom is -0.457 e. The highest BCUT2D eigenvalue weighted by Crippen LogP contribution is 2.42. The molecular weight excluding hydrogens is 813 g/mol. The molecule has 0 amide bonds. The maximum absolute atomic E-state index is 12.9. The number of rotatable bonds is 12. The van der Waals surface area contributed by atoms with Crippen molar-refractivity contribution in [3.63, 3.8) is 0 Å². The molecule has 0 aliphatic carbocycles. The number of hydrogen-bond acceptors (Lipinski definition) is 6. The minimum absolute atomic E-state index is 0.0295. The van der Waals surface area contributed by atoms with Gasteiger partial charge in [-0.1, -0.05) is 187 Å². The zero-order valence-corrected chi connectivity index (χ0v) is 38.5. The average Bonchev–Trinajstić information content (AvgIpc) is 3.32. The molecule has 9 rings (SSSR count). The van der Waals surface area contributed by atoms with Crippen LogP contribution in [0.4, 0.5) is 0 Å². The van der Waals surface area contributed by atoms with Gasteiger partial charge in [0.05, 0.1) is 0 Å². The van der Waals surface area contributed by atoms with E-state index >= 15 is 0 Å². The van der Waals surface area contributed by atoms with Gasteiger partial charge in [0.2, 0.25) is 0 Å². The fourth-order valence-electron chi connectivity index (χ4n) is 8.78. The lowest BCUT2D eigenvalue weighted by Gasteiger charge is -2.30. The van der Waals surface area contributed by atoms with Crippen LogP contribution in [0.5, 0.6) is 23.0 Å². The molecule has 330 valence electrons. The Balaban J connectivity index is 1.27. The zero-order chi connectivity index (χ0) is 46.1. The van der Waals surface area contributed by atoms with Gasteiger partial charge in [-0.25, -0.2) is 0 Å². The molecular formula is C60H56N2O4. The predicted octanol–water partition coefficient (Wildman–Crippen LogP) is 13.9. The summed E-state index contributed by atoms with van der Waals surface area (Å²) in [4.78, 5) is 10.8. The fourth-order valence-corrected chi connectivity index (χ4v) is 8.78. The van der Waals surface area contributed by atoms with E-state index in [4.69, 9.17) is 19.4 Å². The van der Waals surface area contributed by atoms with Crippen molar-refractivity contribution in [1.82, 2.24) is 9.97 Å². The Kier molecular flexibility index (Phi) is 11.8. The molecule has 0 radical (unpaired) electrons. The molecule has 0 unspecified atom stereocenters. The third-order valence-electron chi connectivity index (χ3n) is 12.6. The van der Waals surface area contributed by atoms with E-state index < -0.39 is 11.2 Å². The van der Waals surface area contributed by atoms with Gasteiger partial charge >= 0.3 is 0 Å². The van der Waals surface area contributed by atoms with Crippen molar-refractivity contribution in [2.45, 2.75) is 76.4 Å². The number of hydrogen-bond donors (Lipinski definition) is 2. The summed E-state index contributed by atoms with van der Waals surface area (Å²) in [5.41, 5.74) is 4.78. The Hall–Kier alpha value is -7.12. The van der Waals surface area contributed by atoms with Crippen LogP contribution < -0.4 is 9.47 Å². The predicted molar refractivity (Wildman–Crippen MR) is 267 cm³/mol. The quantitative estimate of drug-likeness (QED) is 0.119. The molecule has 2 aromatic heterocycles. The van der Waals surface area contributed by atoms with Gasteiger partial charge in [0.15, 0.2) is 0 Å². The van der Waals surface area contributed by atoms with Crippen LogP contribution >= 0.6 is 0 Å². The molecule has 0 saturated carbocycles. The van der Waals surface area contributed by atoms with Crippen molar-refractivity contribution in [2.24, 2.45) is 0 Å². The van der Waals surface area contributed by atoms with Gasteiger partial charge in [-0.05, 0) is 80.6 Å². The first-order valence-corrected chi connectivity index (χ1v) is 22.7. The first-order chi connectivity index (χ1) is 31.7. The number of pyridine rings is 2. The highest BCUT2D eigenvalue weighted by molar-refractivity contribution is 6.07. The summed E-state index contributed by atoms with van der Waals surface area (Å²) in [6.07, 6.45) is 0.273. The molecule has 9 aromatic rings. The molecule has 66 heavy (non-hydrogen) atoms. The molecule has 0 atom stereocenters. The molecule has 2 heterocycles. The van der Waals surface area contributed by atoms with Crippen LogP contribution in [0, 0.1) is 0 Å². The number of ether oxygens (including phenoxy) is 2. The first kappa shape index (κ1) is 44.1. The van der Waals surface area contributed by atoms with Gasteiger partial charge in [-0.15, -0.1) is 0 Å². The van der Waals surface area contributed by atoms with Gasteiger partial charge < -0.3 is 19.7 Å². The normalized spacial score (nSPS) is 12.4.